The van der Waals surface area contributed by atoms with Gasteiger partial charge >= 0.3 is 0 Å². The highest BCUT2D eigenvalue weighted by Crippen LogP contribution is 2.25. The van der Waals surface area contributed by atoms with Crippen LogP contribution in [-0.4, -0.2) is 42.0 Å². The highest BCUT2D eigenvalue weighted by atomic mass is 16.2. The van der Waals surface area contributed by atoms with Crippen molar-refractivity contribution in [1.29, 1.82) is 0 Å². The number of pyridine rings is 1. The minimum Gasteiger partial charge on any atom is -0.368 e. The van der Waals surface area contributed by atoms with Gasteiger partial charge in [-0.2, -0.15) is 0 Å². The van der Waals surface area contributed by atoms with Crippen LogP contribution in [0.5, 0.6) is 0 Å². The van der Waals surface area contributed by atoms with Crippen LogP contribution in [0.4, 0.5) is 5.69 Å². The summed E-state index contributed by atoms with van der Waals surface area (Å²) >= 11 is 0. The molecule has 21 heavy (non-hydrogen) atoms. The van der Waals surface area contributed by atoms with Crippen LogP contribution >= 0.6 is 0 Å². The number of benzene rings is 1. The molecule has 0 unspecified atom stereocenters. The highest BCUT2D eigenvalue weighted by molar-refractivity contribution is 5.93. The van der Waals surface area contributed by atoms with Gasteiger partial charge in [0.05, 0.1) is 6.04 Å². The van der Waals surface area contributed by atoms with Crippen LogP contribution in [0.3, 0.4) is 0 Å². The minimum atomic E-state index is 0.0185. The first-order valence-electron chi connectivity index (χ1n) is 7.15. The second-order valence-electron chi connectivity index (χ2n) is 5.48. The van der Waals surface area contributed by atoms with Crippen LogP contribution in [0.25, 0.3) is 0 Å². The summed E-state index contributed by atoms with van der Waals surface area (Å²) < 4.78 is 0. The third kappa shape index (κ3) is 2.61. The molecule has 1 aromatic carbocycles. The molecule has 0 bridgehead atoms. The molecule has 0 N–H and O–H groups in total. The molecule has 2 heterocycles. The standard InChI is InChI=1S/C17H19N3O/c1-13-7-3-4-9-16(13)19(2)14-11-20(12-14)17(21)15-8-5-6-10-18-15/h3-10,14H,11-12H2,1-2H3. The van der Waals surface area contributed by atoms with E-state index in [0.717, 1.165) is 13.1 Å². The molecule has 2 aromatic rings. The average Bonchev–Trinajstić information content (AvgIpc) is 2.47. The van der Waals surface area contributed by atoms with E-state index in [4.69, 9.17) is 0 Å². The summed E-state index contributed by atoms with van der Waals surface area (Å²) in [4.78, 5) is 20.5. The van der Waals surface area contributed by atoms with Gasteiger partial charge in [-0.3, -0.25) is 9.78 Å². The SMILES string of the molecule is Cc1ccccc1N(C)C1CN(C(=O)c2ccccn2)C1. The molecule has 1 aliphatic rings. The van der Waals surface area contributed by atoms with Crippen LogP contribution < -0.4 is 4.90 Å². The van der Waals surface area contributed by atoms with Crippen LogP contribution in [0.2, 0.25) is 0 Å². The fourth-order valence-corrected chi connectivity index (χ4v) is 2.67. The molecule has 1 amide bonds. The van der Waals surface area contributed by atoms with Crippen molar-refractivity contribution >= 4 is 11.6 Å². The second kappa shape index (κ2) is 5.56. The third-order valence-corrected chi connectivity index (χ3v) is 4.08. The van der Waals surface area contributed by atoms with E-state index < -0.39 is 0 Å². The Morgan fingerprint density at radius 2 is 1.90 bits per heavy atom. The fraction of sp³-hybridized carbons (Fsp3) is 0.294. The normalized spacial score (nSPS) is 14.7. The molecule has 0 radical (unpaired) electrons. The van der Waals surface area contributed by atoms with Crippen LogP contribution in [0, 0.1) is 6.92 Å². The van der Waals surface area contributed by atoms with E-state index in [-0.39, 0.29) is 5.91 Å². The summed E-state index contributed by atoms with van der Waals surface area (Å²) in [5, 5.41) is 0. The molecule has 1 saturated heterocycles. The average molecular weight is 281 g/mol. The van der Waals surface area contributed by atoms with E-state index in [1.807, 2.05) is 29.2 Å². The Balaban J connectivity index is 1.63. The van der Waals surface area contributed by atoms with Crippen molar-refractivity contribution < 1.29 is 4.79 Å². The number of likely N-dealkylation sites (tertiary alicyclic amines) is 1. The predicted octanol–water partition coefficient (Wildman–Crippen LogP) is 2.35. The van der Waals surface area contributed by atoms with E-state index in [0.29, 0.717) is 11.7 Å². The Hall–Kier alpha value is -2.36. The summed E-state index contributed by atoms with van der Waals surface area (Å²) in [7, 11) is 2.09. The summed E-state index contributed by atoms with van der Waals surface area (Å²) in [6.45, 7) is 3.61. The molecule has 3 rings (SSSR count). The van der Waals surface area contributed by atoms with Gasteiger partial charge < -0.3 is 9.80 Å². The van der Waals surface area contributed by atoms with Crippen LogP contribution in [0.15, 0.2) is 48.7 Å². The number of hydrogen-bond donors (Lipinski definition) is 0. The van der Waals surface area contributed by atoms with E-state index >= 15 is 0 Å². The van der Waals surface area contributed by atoms with Crippen molar-refractivity contribution in [2.45, 2.75) is 13.0 Å². The number of aryl methyl sites for hydroxylation is 1. The van der Waals surface area contributed by atoms with Crippen molar-refractivity contribution in [3.05, 3.63) is 59.9 Å². The lowest BCUT2D eigenvalue weighted by molar-refractivity contribution is 0.0598. The first kappa shape index (κ1) is 13.6. The molecule has 0 spiro atoms. The number of aromatic nitrogens is 1. The molecule has 0 saturated carbocycles. The molecule has 1 aliphatic heterocycles. The Morgan fingerprint density at radius 1 is 1.19 bits per heavy atom. The number of carbonyl (C=O) groups is 1. The van der Waals surface area contributed by atoms with Crippen molar-refractivity contribution in [3.8, 4) is 0 Å². The van der Waals surface area contributed by atoms with Crippen molar-refractivity contribution in [3.63, 3.8) is 0 Å². The van der Waals surface area contributed by atoms with Gasteiger partial charge in [-0.15, -0.1) is 0 Å². The molecular weight excluding hydrogens is 262 g/mol. The number of hydrogen-bond acceptors (Lipinski definition) is 3. The highest BCUT2D eigenvalue weighted by Gasteiger charge is 2.34. The lowest BCUT2D eigenvalue weighted by atomic mass is 10.0. The number of amides is 1. The lowest BCUT2D eigenvalue weighted by Crippen LogP contribution is -2.60. The Bertz CT molecular complexity index is 635. The molecule has 108 valence electrons. The van der Waals surface area contributed by atoms with Crippen molar-refractivity contribution in [1.82, 2.24) is 9.88 Å². The minimum absolute atomic E-state index is 0.0185. The largest absolute Gasteiger partial charge is 0.368 e. The summed E-state index contributed by atoms with van der Waals surface area (Å²) in [6, 6.07) is 14.1. The fourth-order valence-electron chi connectivity index (χ4n) is 2.67. The summed E-state index contributed by atoms with van der Waals surface area (Å²) in [6.07, 6.45) is 1.66. The molecule has 1 fully saturated rings. The quantitative estimate of drug-likeness (QED) is 0.866. The Labute approximate surface area is 125 Å². The van der Waals surface area contributed by atoms with Gasteiger partial charge in [-0.25, -0.2) is 0 Å². The number of likely N-dealkylation sites (N-methyl/N-ethyl adjacent to an activating group) is 1. The number of para-hydroxylation sites is 1. The molecular formula is C17H19N3O. The predicted molar refractivity (Wildman–Crippen MR) is 83.5 cm³/mol. The van der Waals surface area contributed by atoms with Gasteiger partial charge in [0.15, 0.2) is 0 Å². The molecule has 4 nitrogen and oxygen atoms in total. The van der Waals surface area contributed by atoms with E-state index in [2.05, 4.69) is 36.0 Å². The van der Waals surface area contributed by atoms with Gasteiger partial charge in [0, 0.05) is 32.0 Å². The molecule has 0 atom stereocenters. The zero-order chi connectivity index (χ0) is 14.8. The molecule has 1 aromatic heterocycles. The summed E-state index contributed by atoms with van der Waals surface area (Å²) in [5.41, 5.74) is 3.01. The monoisotopic (exact) mass is 281 g/mol. The van der Waals surface area contributed by atoms with Crippen LogP contribution in [0.1, 0.15) is 16.1 Å². The molecule has 0 aliphatic carbocycles. The van der Waals surface area contributed by atoms with Gasteiger partial charge in [0.25, 0.3) is 5.91 Å². The maximum atomic E-state index is 12.2. The zero-order valence-electron chi connectivity index (χ0n) is 12.4. The van der Waals surface area contributed by atoms with Crippen LogP contribution in [-0.2, 0) is 0 Å². The first-order chi connectivity index (χ1) is 10.2. The lowest BCUT2D eigenvalue weighted by Gasteiger charge is -2.45. The molecule has 4 heteroatoms. The van der Waals surface area contributed by atoms with E-state index in [9.17, 15) is 4.79 Å². The maximum Gasteiger partial charge on any atom is 0.272 e. The zero-order valence-corrected chi connectivity index (χ0v) is 12.4. The number of carbonyl (C=O) groups excluding carboxylic acids is 1. The smallest absolute Gasteiger partial charge is 0.272 e. The van der Waals surface area contributed by atoms with E-state index in [1.165, 1.54) is 11.3 Å². The Morgan fingerprint density at radius 3 is 2.57 bits per heavy atom. The third-order valence-electron chi connectivity index (χ3n) is 4.08. The van der Waals surface area contributed by atoms with Gasteiger partial charge in [-0.1, -0.05) is 24.3 Å². The van der Waals surface area contributed by atoms with Crippen molar-refractivity contribution in [2.75, 3.05) is 25.0 Å². The summed E-state index contributed by atoms with van der Waals surface area (Å²) in [5.74, 6) is 0.0185. The van der Waals surface area contributed by atoms with E-state index in [1.54, 1.807) is 12.3 Å². The first-order valence-corrected chi connectivity index (χ1v) is 7.15. The second-order valence-corrected chi connectivity index (χ2v) is 5.48. The van der Waals surface area contributed by atoms with Gasteiger partial charge in [0.2, 0.25) is 0 Å². The number of rotatable bonds is 3. The number of nitrogens with zero attached hydrogens (tertiary/aromatic N) is 3. The van der Waals surface area contributed by atoms with Gasteiger partial charge in [0.1, 0.15) is 5.69 Å². The Kier molecular flexibility index (Phi) is 3.60. The van der Waals surface area contributed by atoms with Gasteiger partial charge in [-0.05, 0) is 30.7 Å². The van der Waals surface area contributed by atoms with Crippen molar-refractivity contribution in [2.24, 2.45) is 0 Å². The topological polar surface area (TPSA) is 36.4 Å². The maximum absolute atomic E-state index is 12.2. The number of anilines is 1.